The molecule has 0 spiro atoms. The van der Waals surface area contributed by atoms with Gasteiger partial charge in [0, 0.05) is 5.69 Å². The standard InChI is InChI=1S/C25H21ClN4O5/c1-15-7-3-5-9-19(15)28-22(31)14-35-23-18(26)11-16(12-21(23)34-2)13-27-30-24(32)17-8-4-6-10-20(17)29-25(30)33/h3-13H,14H2,1-2H3,(H,28,31)(H,29,33). The van der Waals surface area contributed by atoms with Crippen molar-refractivity contribution in [2.45, 2.75) is 6.92 Å². The van der Waals surface area contributed by atoms with Gasteiger partial charge in [0.25, 0.3) is 11.5 Å². The van der Waals surface area contributed by atoms with Gasteiger partial charge in [-0.1, -0.05) is 41.9 Å². The minimum Gasteiger partial charge on any atom is -0.493 e. The highest BCUT2D eigenvalue weighted by Gasteiger charge is 2.14. The summed E-state index contributed by atoms with van der Waals surface area (Å²) in [6.45, 7) is 1.59. The lowest BCUT2D eigenvalue weighted by Gasteiger charge is -2.14. The van der Waals surface area contributed by atoms with Crippen LogP contribution in [0.25, 0.3) is 10.9 Å². The van der Waals surface area contributed by atoms with Crippen molar-refractivity contribution in [2.75, 3.05) is 19.0 Å². The van der Waals surface area contributed by atoms with E-state index < -0.39 is 11.2 Å². The van der Waals surface area contributed by atoms with E-state index in [0.29, 0.717) is 22.2 Å². The number of ether oxygens (including phenoxy) is 2. The molecule has 178 valence electrons. The third-order valence-corrected chi connectivity index (χ3v) is 5.41. The van der Waals surface area contributed by atoms with Crippen LogP contribution in [0, 0.1) is 6.92 Å². The van der Waals surface area contributed by atoms with E-state index in [9.17, 15) is 14.4 Å². The minimum atomic E-state index is -0.678. The highest BCUT2D eigenvalue weighted by atomic mass is 35.5. The topological polar surface area (TPSA) is 115 Å². The quantitative estimate of drug-likeness (QED) is 0.383. The van der Waals surface area contributed by atoms with E-state index in [1.54, 1.807) is 36.4 Å². The third-order valence-electron chi connectivity index (χ3n) is 5.12. The number of hydrogen-bond acceptors (Lipinski definition) is 6. The fourth-order valence-corrected chi connectivity index (χ4v) is 3.65. The Morgan fingerprint density at radius 1 is 1.14 bits per heavy atom. The van der Waals surface area contributed by atoms with Gasteiger partial charge in [0.05, 0.1) is 29.2 Å². The second kappa shape index (κ2) is 10.3. The largest absolute Gasteiger partial charge is 0.493 e. The maximum atomic E-state index is 12.6. The SMILES string of the molecule is COc1cc(C=Nn2c(=O)[nH]c3ccccc3c2=O)cc(Cl)c1OCC(=O)Nc1ccccc1C. The average Bonchev–Trinajstić information content (AvgIpc) is 2.84. The second-order valence-corrected chi connectivity index (χ2v) is 7.93. The number of nitrogens with zero attached hydrogens (tertiary/aromatic N) is 2. The summed E-state index contributed by atoms with van der Waals surface area (Å²) in [5.74, 6) is 0.0624. The van der Waals surface area contributed by atoms with Gasteiger partial charge in [-0.15, -0.1) is 4.68 Å². The lowest BCUT2D eigenvalue weighted by molar-refractivity contribution is -0.118. The molecule has 2 N–H and O–H groups in total. The summed E-state index contributed by atoms with van der Waals surface area (Å²) < 4.78 is 11.7. The fourth-order valence-electron chi connectivity index (χ4n) is 3.37. The molecule has 0 aliphatic heterocycles. The number of rotatable bonds is 7. The highest BCUT2D eigenvalue weighted by molar-refractivity contribution is 6.32. The van der Waals surface area contributed by atoms with Gasteiger partial charge in [0.15, 0.2) is 18.1 Å². The number of nitrogens with one attached hydrogen (secondary N) is 2. The van der Waals surface area contributed by atoms with Gasteiger partial charge in [-0.3, -0.25) is 9.59 Å². The first-order valence-electron chi connectivity index (χ1n) is 10.5. The molecular formula is C25H21ClN4O5. The van der Waals surface area contributed by atoms with E-state index in [1.807, 2.05) is 25.1 Å². The third kappa shape index (κ3) is 5.25. The molecule has 10 heteroatoms. The maximum absolute atomic E-state index is 12.6. The molecule has 0 fully saturated rings. The van der Waals surface area contributed by atoms with Crippen molar-refractivity contribution in [1.29, 1.82) is 0 Å². The van der Waals surface area contributed by atoms with E-state index in [1.165, 1.54) is 19.4 Å². The van der Waals surface area contributed by atoms with Gasteiger partial charge in [0.1, 0.15) is 0 Å². The summed E-state index contributed by atoms with van der Waals surface area (Å²) in [5, 5.41) is 7.28. The van der Waals surface area contributed by atoms with Crippen LogP contribution in [-0.2, 0) is 4.79 Å². The summed E-state index contributed by atoms with van der Waals surface area (Å²) in [7, 11) is 1.42. The van der Waals surface area contributed by atoms with Crippen LogP contribution in [0.1, 0.15) is 11.1 Å². The molecular weight excluding hydrogens is 472 g/mol. The zero-order valence-electron chi connectivity index (χ0n) is 18.9. The lowest BCUT2D eigenvalue weighted by atomic mass is 10.2. The number of carbonyl (C=O) groups excluding carboxylic acids is 1. The number of aromatic amines is 1. The summed E-state index contributed by atoms with van der Waals surface area (Å²) in [4.78, 5) is 39.9. The molecule has 0 saturated carbocycles. The Hall–Kier alpha value is -4.37. The maximum Gasteiger partial charge on any atom is 0.349 e. The first-order chi connectivity index (χ1) is 16.9. The first-order valence-corrected chi connectivity index (χ1v) is 10.9. The highest BCUT2D eigenvalue weighted by Crippen LogP contribution is 2.36. The molecule has 4 rings (SSSR count). The van der Waals surface area contributed by atoms with Crippen LogP contribution in [-0.4, -0.2) is 35.5 Å². The van der Waals surface area contributed by atoms with Gasteiger partial charge < -0.3 is 19.8 Å². The number of para-hydroxylation sites is 2. The van der Waals surface area contributed by atoms with Gasteiger partial charge in [-0.25, -0.2) is 4.79 Å². The number of methoxy groups -OCH3 is 1. The number of anilines is 1. The second-order valence-electron chi connectivity index (χ2n) is 7.52. The molecule has 0 aliphatic rings. The molecule has 0 bridgehead atoms. The van der Waals surface area contributed by atoms with Gasteiger partial charge in [-0.05, 0) is 48.4 Å². The first kappa shape index (κ1) is 23.8. The van der Waals surface area contributed by atoms with E-state index in [4.69, 9.17) is 21.1 Å². The number of benzene rings is 3. The number of aromatic nitrogens is 2. The van der Waals surface area contributed by atoms with Crippen LogP contribution in [0.15, 0.2) is 75.4 Å². The van der Waals surface area contributed by atoms with Crippen LogP contribution in [0.5, 0.6) is 11.5 Å². The van der Waals surface area contributed by atoms with Crippen molar-refractivity contribution >= 4 is 40.3 Å². The number of H-pyrrole nitrogens is 1. The number of amides is 1. The number of halogens is 1. The zero-order chi connectivity index (χ0) is 24.9. The number of fused-ring (bicyclic) bond motifs is 1. The Kier molecular flexibility index (Phi) is 6.98. The van der Waals surface area contributed by atoms with Crippen LogP contribution in [0.3, 0.4) is 0 Å². The molecule has 1 amide bonds. The lowest BCUT2D eigenvalue weighted by Crippen LogP contribution is -2.32. The van der Waals surface area contributed by atoms with E-state index in [0.717, 1.165) is 10.2 Å². The van der Waals surface area contributed by atoms with Gasteiger partial charge >= 0.3 is 5.69 Å². The zero-order valence-corrected chi connectivity index (χ0v) is 19.6. The predicted molar refractivity (Wildman–Crippen MR) is 135 cm³/mol. The molecule has 0 saturated heterocycles. The molecule has 0 aliphatic carbocycles. The van der Waals surface area contributed by atoms with Crippen LogP contribution < -0.4 is 26.0 Å². The molecule has 0 radical (unpaired) electrons. The van der Waals surface area contributed by atoms with Crippen LogP contribution in [0.4, 0.5) is 5.69 Å². The smallest absolute Gasteiger partial charge is 0.349 e. The Morgan fingerprint density at radius 2 is 1.89 bits per heavy atom. The molecule has 0 unspecified atom stereocenters. The van der Waals surface area contributed by atoms with Crippen molar-refractivity contribution in [3.05, 3.63) is 97.7 Å². The summed E-state index contributed by atoms with van der Waals surface area (Å²) in [5.41, 5.74) is 1.24. The molecule has 3 aromatic carbocycles. The summed E-state index contributed by atoms with van der Waals surface area (Å²) >= 11 is 6.37. The molecule has 1 heterocycles. The monoisotopic (exact) mass is 492 g/mol. The molecule has 35 heavy (non-hydrogen) atoms. The summed E-state index contributed by atoms with van der Waals surface area (Å²) in [6.07, 6.45) is 1.30. The van der Waals surface area contributed by atoms with E-state index in [2.05, 4.69) is 15.4 Å². The van der Waals surface area contributed by atoms with Crippen molar-refractivity contribution in [3.8, 4) is 11.5 Å². The number of hydrogen-bond donors (Lipinski definition) is 2. The Morgan fingerprint density at radius 3 is 2.66 bits per heavy atom. The average molecular weight is 493 g/mol. The minimum absolute atomic E-state index is 0.161. The Labute approximate surface area is 204 Å². The Bertz CT molecular complexity index is 1560. The molecule has 9 nitrogen and oxygen atoms in total. The number of carbonyl (C=O) groups is 1. The van der Waals surface area contributed by atoms with E-state index >= 15 is 0 Å². The van der Waals surface area contributed by atoms with Crippen molar-refractivity contribution in [2.24, 2.45) is 5.10 Å². The Balaban J connectivity index is 1.54. The molecule has 0 atom stereocenters. The number of aryl methyl sites for hydroxylation is 1. The molecule has 4 aromatic rings. The normalized spacial score (nSPS) is 11.1. The predicted octanol–water partition coefficient (Wildman–Crippen LogP) is 3.56. The molecule has 1 aromatic heterocycles. The van der Waals surface area contributed by atoms with Gasteiger partial charge in [-0.2, -0.15) is 5.10 Å². The van der Waals surface area contributed by atoms with E-state index in [-0.39, 0.29) is 29.0 Å². The van der Waals surface area contributed by atoms with Crippen molar-refractivity contribution in [3.63, 3.8) is 0 Å². The van der Waals surface area contributed by atoms with Crippen molar-refractivity contribution < 1.29 is 14.3 Å². The fraction of sp³-hybridized carbons (Fsp3) is 0.120. The summed E-state index contributed by atoms with van der Waals surface area (Å²) in [6, 6.07) is 17.1. The van der Waals surface area contributed by atoms with Crippen LogP contribution >= 0.6 is 11.6 Å². The van der Waals surface area contributed by atoms with Crippen LogP contribution in [0.2, 0.25) is 5.02 Å². The van der Waals surface area contributed by atoms with Gasteiger partial charge in [0.2, 0.25) is 0 Å². The van der Waals surface area contributed by atoms with Crippen molar-refractivity contribution in [1.82, 2.24) is 9.66 Å².